The first-order valence-electron chi connectivity index (χ1n) is 5.71. The molecular weight excluding hydrogens is 248 g/mol. The molecule has 94 valence electrons. The quantitative estimate of drug-likeness (QED) is 0.915. The lowest BCUT2D eigenvalue weighted by Crippen LogP contribution is -2.05. The molecule has 3 nitrogen and oxygen atoms in total. The van der Waals surface area contributed by atoms with Crippen molar-refractivity contribution in [1.82, 2.24) is 10.3 Å². The second kappa shape index (κ2) is 5.85. The van der Waals surface area contributed by atoms with Crippen molar-refractivity contribution in [3.63, 3.8) is 0 Å². The number of aryl methyl sites for hydroxylation is 1. The fraction of sp³-hybridized carbons (Fsp3) is 0.214. The molecule has 0 aliphatic rings. The average molecular weight is 263 g/mol. The van der Waals surface area contributed by atoms with Crippen molar-refractivity contribution in [3.8, 4) is 11.5 Å². The normalized spacial score (nSPS) is 10.4. The van der Waals surface area contributed by atoms with Crippen LogP contribution in [0.5, 0.6) is 11.5 Å². The van der Waals surface area contributed by atoms with E-state index >= 15 is 0 Å². The van der Waals surface area contributed by atoms with E-state index in [1.54, 1.807) is 18.5 Å². The van der Waals surface area contributed by atoms with E-state index in [9.17, 15) is 0 Å². The van der Waals surface area contributed by atoms with Gasteiger partial charge in [0, 0.05) is 18.8 Å². The van der Waals surface area contributed by atoms with Crippen LogP contribution in [0.4, 0.5) is 0 Å². The van der Waals surface area contributed by atoms with E-state index in [1.807, 2.05) is 26.1 Å². The Hall–Kier alpha value is -1.58. The average Bonchev–Trinajstić information content (AvgIpc) is 2.33. The highest BCUT2D eigenvalue weighted by Gasteiger charge is 2.03. The van der Waals surface area contributed by atoms with Gasteiger partial charge < -0.3 is 10.1 Å². The standard InChI is InChI=1S/C14H15ClN2O/c1-10-5-11(7-16-2)3-4-14(10)18-13-6-12(15)8-17-9-13/h3-6,8-9,16H,7H2,1-2H3. The van der Waals surface area contributed by atoms with Crippen LogP contribution in [0.15, 0.2) is 36.7 Å². The van der Waals surface area contributed by atoms with Gasteiger partial charge in [-0.15, -0.1) is 0 Å². The number of hydrogen-bond donors (Lipinski definition) is 1. The van der Waals surface area contributed by atoms with Gasteiger partial charge in [0.1, 0.15) is 11.5 Å². The Morgan fingerprint density at radius 3 is 2.78 bits per heavy atom. The predicted octanol–water partition coefficient (Wildman–Crippen LogP) is 3.56. The van der Waals surface area contributed by atoms with Crippen molar-refractivity contribution in [1.29, 1.82) is 0 Å². The van der Waals surface area contributed by atoms with Crippen LogP contribution in [0.25, 0.3) is 0 Å². The predicted molar refractivity (Wildman–Crippen MR) is 73.3 cm³/mol. The summed E-state index contributed by atoms with van der Waals surface area (Å²) >= 11 is 5.87. The number of nitrogens with one attached hydrogen (secondary N) is 1. The van der Waals surface area contributed by atoms with Gasteiger partial charge in [0.15, 0.2) is 0 Å². The molecule has 0 atom stereocenters. The van der Waals surface area contributed by atoms with Crippen LogP contribution < -0.4 is 10.1 Å². The fourth-order valence-electron chi connectivity index (χ4n) is 1.72. The van der Waals surface area contributed by atoms with E-state index in [1.165, 1.54) is 5.56 Å². The van der Waals surface area contributed by atoms with Crippen LogP contribution in [-0.2, 0) is 6.54 Å². The number of aromatic nitrogens is 1. The summed E-state index contributed by atoms with van der Waals surface area (Å²) < 4.78 is 5.76. The van der Waals surface area contributed by atoms with E-state index in [4.69, 9.17) is 16.3 Å². The third kappa shape index (κ3) is 3.22. The molecule has 0 saturated heterocycles. The number of halogens is 1. The monoisotopic (exact) mass is 262 g/mol. The van der Waals surface area contributed by atoms with Gasteiger partial charge in [0.25, 0.3) is 0 Å². The molecule has 0 fully saturated rings. The molecule has 18 heavy (non-hydrogen) atoms. The molecule has 0 radical (unpaired) electrons. The van der Waals surface area contributed by atoms with E-state index in [0.717, 1.165) is 17.9 Å². The molecule has 0 spiro atoms. The number of nitrogens with zero attached hydrogens (tertiary/aromatic N) is 1. The second-order valence-electron chi connectivity index (χ2n) is 4.07. The van der Waals surface area contributed by atoms with E-state index < -0.39 is 0 Å². The Bertz CT molecular complexity index is 543. The maximum atomic E-state index is 5.87. The lowest BCUT2D eigenvalue weighted by Gasteiger charge is -2.10. The highest BCUT2D eigenvalue weighted by Crippen LogP contribution is 2.26. The van der Waals surface area contributed by atoms with Gasteiger partial charge in [-0.3, -0.25) is 4.98 Å². The summed E-state index contributed by atoms with van der Waals surface area (Å²) in [5.74, 6) is 1.46. The molecular formula is C14H15ClN2O. The number of ether oxygens (including phenoxy) is 1. The molecule has 0 bridgehead atoms. The van der Waals surface area contributed by atoms with Crippen molar-refractivity contribution in [2.24, 2.45) is 0 Å². The van der Waals surface area contributed by atoms with Gasteiger partial charge >= 0.3 is 0 Å². The topological polar surface area (TPSA) is 34.1 Å². The Morgan fingerprint density at radius 2 is 2.11 bits per heavy atom. The molecule has 0 aliphatic heterocycles. The smallest absolute Gasteiger partial charge is 0.147 e. The minimum atomic E-state index is 0.567. The lowest BCUT2D eigenvalue weighted by atomic mass is 10.1. The number of benzene rings is 1. The molecule has 4 heteroatoms. The summed E-state index contributed by atoms with van der Waals surface area (Å²) in [5, 5.41) is 3.69. The molecule has 0 amide bonds. The highest BCUT2D eigenvalue weighted by molar-refractivity contribution is 6.30. The molecule has 1 aromatic carbocycles. The van der Waals surface area contributed by atoms with Crippen molar-refractivity contribution in [3.05, 3.63) is 52.8 Å². The van der Waals surface area contributed by atoms with Gasteiger partial charge in [-0.05, 0) is 31.2 Å². The second-order valence-corrected chi connectivity index (χ2v) is 4.51. The molecule has 1 N–H and O–H groups in total. The van der Waals surface area contributed by atoms with Crippen LogP contribution >= 0.6 is 11.6 Å². The van der Waals surface area contributed by atoms with Crippen LogP contribution in [-0.4, -0.2) is 12.0 Å². The summed E-state index contributed by atoms with van der Waals surface area (Å²) in [5.41, 5.74) is 2.31. The Kier molecular flexibility index (Phi) is 4.18. The van der Waals surface area contributed by atoms with Crippen LogP contribution in [0.1, 0.15) is 11.1 Å². The van der Waals surface area contributed by atoms with Gasteiger partial charge in [0.2, 0.25) is 0 Å². The summed E-state index contributed by atoms with van der Waals surface area (Å²) in [4.78, 5) is 3.99. The Balaban J connectivity index is 2.19. The first-order valence-corrected chi connectivity index (χ1v) is 6.09. The van der Waals surface area contributed by atoms with E-state index in [2.05, 4.69) is 16.4 Å². The van der Waals surface area contributed by atoms with Crippen LogP contribution in [0.2, 0.25) is 5.02 Å². The third-order valence-electron chi connectivity index (χ3n) is 2.53. The maximum absolute atomic E-state index is 5.87. The molecule has 2 rings (SSSR count). The zero-order valence-electron chi connectivity index (χ0n) is 10.4. The molecule has 0 saturated carbocycles. The minimum absolute atomic E-state index is 0.567. The fourth-order valence-corrected chi connectivity index (χ4v) is 1.88. The van der Waals surface area contributed by atoms with Gasteiger partial charge in [-0.1, -0.05) is 23.7 Å². The van der Waals surface area contributed by atoms with Crippen LogP contribution in [0, 0.1) is 6.92 Å². The lowest BCUT2D eigenvalue weighted by molar-refractivity contribution is 0.476. The number of hydrogen-bond acceptors (Lipinski definition) is 3. The van der Waals surface area contributed by atoms with Gasteiger partial charge in [0.05, 0.1) is 11.2 Å². The first-order chi connectivity index (χ1) is 8.69. The molecule has 2 aromatic rings. The summed E-state index contributed by atoms with van der Waals surface area (Å²) in [7, 11) is 1.93. The maximum Gasteiger partial charge on any atom is 0.147 e. The largest absolute Gasteiger partial charge is 0.455 e. The SMILES string of the molecule is CNCc1ccc(Oc2cncc(Cl)c2)c(C)c1. The molecule has 0 aliphatic carbocycles. The molecule has 1 heterocycles. The Labute approximate surface area is 112 Å². The van der Waals surface area contributed by atoms with Crippen molar-refractivity contribution in [2.45, 2.75) is 13.5 Å². The Morgan fingerprint density at radius 1 is 1.28 bits per heavy atom. The van der Waals surface area contributed by atoms with E-state index in [0.29, 0.717) is 10.8 Å². The molecule has 1 aromatic heterocycles. The number of rotatable bonds is 4. The van der Waals surface area contributed by atoms with Gasteiger partial charge in [-0.25, -0.2) is 0 Å². The van der Waals surface area contributed by atoms with Gasteiger partial charge in [-0.2, -0.15) is 0 Å². The first kappa shape index (κ1) is 12.9. The summed E-state index contributed by atoms with van der Waals surface area (Å²) in [6, 6.07) is 7.85. The zero-order chi connectivity index (χ0) is 13.0. The summed E-state index contributed by atoms with van der Waals surface area (Å²) in [6.45, 7) is 2.87. The zero-order valence-corrected chi connectivity index (χ0v) is 11.2. The van der Waals surface area contributed by atoms with Crippen molar-refractivity contribution in [2.75, 3.05) is 7.05 Å². The summed E-state index contributed by atoms with van der Waals surface area (Å²) in [6.07, 6.45) is 3.23. The van der Waals surface area contributed by atoms with Crippen LogP contribution in [0.3, 0.4) is 0 Å². The highest BCUT2D eigenvalue weighted by atomic mass is 35.5. The number of pyridine rings is 1. The van der Waals surface area contributed by atoms with Crippen molar-refractivity contribution >= 4 is 11.6 Å². The third-order valence-corrected chi connectivity index (χ3v) is 2.73. The minimum Gasteiger partial charge on any atom is -0.455 e. The van der Waals surface area contributed by atoms with Crippen molar-refractivity contribution < 1.29 is 4.74 Å². The molecule has 0 unspecified atom stereocenters. The van der Waals surface area contributed by atoms with E-state index in [-0.39, 0.29) is 0 Å².